The van der Waals surface area contributed by atoms with Crippen LogP contribution in [0.2, 0.25) is 0 Å². The van der Waals surface area contributed by atoms with Gasteiger partial charge >= 0.3 is 0 Å². The van der Waals surface area contributed by atoms with Crippen molar-refractivity contribution in [1.29, 1.82) is 10.8 Å². The monoisotopic (exact) mass is 338 g/mol. The highest BCUT2D eigenvalue weighted by molar-refractivity contribution is 5.85. The number of hydrogen-bond acceptors (Lipinski definition) is 4. The number of nitrogens with zero attached hydrogens (tertiary/aromatic N) is 2. The van der Waals surface area contributed by atoms with Gasteiger partial charge in [0.1, 0.15) is 0 Å². The molecule has 0 radical (unpaired) electrons. The molecule has 0 aliphatic rings. The van der Waals surface area contributed by atoms with Gasteiger partial charge in [-0.15, -0.1) is 0 Å². The van der Waals surface area contributed by atoms with Crippen molar-refractivity contribution in [1.82, 2.24) is 0 Å². The fourth-order valence-electron chi connectivity index (χ4n) is 2.28. The summed E-state index contributed by atoms with van der Waals surface area (Å²) in [6.45, 7) is 0. The molecule has 0 amide bonds. The zero-order valence-corrected chi connectivity index (χ0v) is 14.1. The molecule has 3 rings (SSSR count). The highest BCUT2D eigenvalue weighted by Crippen LogP contribution is 2.18. The maximum Gasteiger partial charge on any atom is 0.0631 e. The van der Waals surface area contributed by atoms with Gasteiger partial charge in [-0.3, -0.25) is 9.98 Å². The van der Waals surface area contributed by atoms with Crippen LogP contribution in [0.4, 0.5) is 11.4 Å². The van der Waals surface area contributed by atoms with Crippen molar-refractivity contribution in [3.8, 4) is 0 Å². The van der Waals surface area contributed by atoms with E-state index in [1.165, 1.54) is 12.4 Å². The molecule has 0 saturated carbocycles. The lowest BCUT2D eigenvalue weighted by Gasteiger charge is -1.98. The Morgan fingerprint density at radius 2 is 0.769 bits per heavy atom. The Morgan fingerprint density at radius 1 is 0.462 bits per heavy atom. The topological polar surface area (TPSA) is 72.4 Å². The molecule has 4 nitrogen and oxygen atoms in total. The van der Waals surface area contributed by atoms with Gasteiger partial charge in [0.05, 0.1) is 11.4 Å². The van der Waals surface area contributed by atoms with E-state index in [9.17, 15) is 0 Å². The largest absolute Gasteiger partial charge is 0.308 e. The molecule has 0 spiro atoms. The molecule has 0 fully saturated rings. The van der Waals surface area contributed by atoms with Gasteiger partial charge < -0.3 is 10.8 Å². The molecule has 2 N–H and O–H groups in total. The van der Waals surface area contributed by atoms with Crippen molar-refractivity contribution in [3.63, 3.8) is 0 Å². The van der Waals surface area contributed by atoms with E-state index in [-0.39, 0.29) is 0 Å². The maximum absolute atomic E-state index is 7.20. The third kappa shape index (κ3) is 4.68. The Labute approximate surface area is 152 Å². The van der Waals surface area contributed by atoms with Crippen LogP contribution in [-0.4, -0.2) is 24.9 Å². The molecule has 0 aliphatic carbocycles. The second-order valence-electron chi connectivity index (χ2n) is 5.65. The van der Waals surface area contributed by atoms with Crippen LogP contribution in [0.25, 0.3) is 0 Å². The Bertz CT molecular complexity index is 854. The average Bonchev–Trinajstić information content (AvgIpc) is 2.72. The molecule has 3 aromatic carbocycles. The molecule has 0 aromatic heterocycles. The smallest absolute Gasteiger partial charge is 0.0631 e. The van der Waals surface area contributed by atoms with Crippen molar-refractivity contribution < 1.29 is 0 Å². The first-order valence-corrected chi connectivity index (χ1v) is 8.16. The summed E-state index contributed by atoms with van der Waals surface area (Å²) in [4.78, 5) is 8.91. The van der Waals surface area contributed by atoms with Crippen molar-refractivity contribution >= 4 is 36.2 Å². The molecule has 0 aliphatic heterocycles. The number of nitrogens with one attached hydrogen (secondary N) is 2. The molecule has 0 bridgehead atoms. The van der Waals surface area contributed by atoms with E-state index in [4.69, 9.17) is 10.8 Å². The number of hydrogen-bond donors (Lipinski definition) is 2. The normalized spacial score (nSPS) is 11.1. The molecule has 0 atom stereocenters. The maximum atomic E-state index is 7.20. The van der Waals surface area contributed by atoms with E-state index in [0.29, 0.717) is 0 Å². The van der Waals surface area contributed by atoms with E-state index in [0.717, 1.165) is 33.6 Å². The van der Waals surface area contributed by atoms with Gasteiger partial charge in [-0.1, -0.05) is 48.5 Å². The first-order valence-electron chi connectivity index (χ1n) is 8.16. The van der Waals surface area contributed by atoms with Crippen molar-refractivity contribution in [2.24, 2.45) is 9.98 Å². The van der Waals surface area contributed by atoms with Crippen molar-refractivity contribution in [3.05, 3.63) is 95.1 Å². The summed E-state index contributed by atoms with van der Waals surface area (Å²) in [6.07, 6.45) is 6.25. The highest BCUT2D eigenvalue weighted by atomic mass is 14.7. The van der Waals surface area contributed by atoms with Gasteiger partial charge in [-0.25, -0.2) is 0 Å². The predicted octanol–water partition coefficient (Wildman–Crippen LogP) is 5.18. The van der Waals surface area contributed by atoms with Gasteiger partial charge in [-0.05, 0) is 46.5 Å². The zero-order chi connectivity index (χ0) is 18.2. The number of aliphatic imine (C=N–C) groups is 2. The summed E-state index contributed by atoms with van der Waals surface area (Å²) in [6, 6.07) is 23.0. The van der Waals surface area contributed by atoms with Crippen LogP contribution >= 0.6 is 0 Å². The molecule has 0 saturated heterocycles. The average molecular weight is 338 g/mol. The molecule has 0 unspecified atom stereocenters. The zero-order valence-electron chi connectivity index (χ0n) is 14.1. The fraction of sp³-hybridized carbons (Fsp3) is 0. The predicted molar refractivity (Wildman–Crippen MR) is 110 cm³/mol. The standard InChI is InChI=1S/C22H18N4/c23-13-17-1-5-19(6-2-17)15-25-21-9-11-22(12-10-21)26-16-20-7-3-18(14-24)4-8-20/h1-16,23-24H. The summed E-state index contributed by atoms with van der Waals surface area (Å²) in [5, 5.41) is 14.4. The second kappa shape index (κ2) is 8.44. The van der Waals surface area contributed by atoms with Gasteiger partial charge in [0.25, 0.3) is 0 Å². The van der Waals surface area contributed by atoms with Gasteiger partial charge in [0.15, 0.2) is 0 Å². The van der Waals surface area contributed by atoms with E-state index in [1.54, 1.807) is 12.4 Å². The van der Waals surface area contributed by atoms with E-state index < -0.39 is 0 Å². The van der Waals surface area contributed by atoms with Gasteiger partial charge in [0.2, 0.25) is 0 Å². The van der Waals surface area contributed by atoms with Crippen molar-refractivity contribution in [2.75, 3.05) is 0 Å². The van der Waals surface area contributed by atoms with Crippen LogP contribution in [0.5, 0.6) is 0 Å². The van der Waals surface area contributed by atoms with Crippen molar-refractivity contribution in [2.45, 2.75) is 0 Å². The molecule has 3 aromatic rings. The molecule has 26 heavy (non-hydrogen) atoms. The van der Waals surface area contributed by atoms with E-state index in [2.05, 4.69) is 9.98 Å². The third-order valence-corrected chi connectivity index (χ3v) is 3.78. The first-order chi connectivity index (χ1) is 12.8. The molecule has 4 heteroatoms. The molecule has 126 valence electrons. The minimum Gasteiger partial charge on any atom is -0.308 e. The Morgan fingerprint density at radius 3 is 1.08 bits per heavy atom. The summed E-state index contributed by atoms with van der Waals surface area (Å²) in [5.41, 5.74) is 5.44. The van der Waals surface area contributed by atoms with Crippen LogP contribution in [0.3, 0.4) is 0 Å². The lowest BCUT2D eigenvalue weighted by molar-refractivity contribution is 1.47. The number of benzene rings is 3. The summed E-state index contributed by atoms with van der Waals surface area (Å²) < 4.78 is 0. The Kier molecular flexibility index (Phi) is 5.58. The Balaban J connectivity index is 1.65. The van der Waals surface area contributed by atoms with E-state index in [1.807, 2.05) is 72.8 Å². The minimum absolute atomic E-state index is 0.857. The summed E-state index contributed by atoms with van der Waals surface area (Å²) >= 11 is 0. The quantitative estimate of drug-likeness (QED) is 0.581. The lowest BCUT2D eigenvalue weighted by atomic mass is 10.1. The van der Waals surface area contributed by atoms with E-state index >= 15 is 0 Å². The lowest BCUT2D eigenvalue weighted by Crippen LogP contribution is -1.83. The fourth-order valence-corrected chi connectivity index (χ4v) is 2.28. The second-order valence-corrected chi connectivity index (χ2v) is 5.65. The molecule has 0 heterocycles. The number of rotatable bonds is 6. The minimum atomic E-state index is 0.857. The van der Waals surface area contributed by atoms with Crippen LogP contribution < -0.4 is 0 Å². The molecular formula is C22H18N4. The Hall–Kier alpha value is -3.66. The summed E-state index contributed by atoms with van der Waals surface area (Å²) in [5.74, 6) is 0. The third-order valence-electron chi connectivity index (χ3n) is 3.78. The van der Waals surface area contributed by atoms with Crippen LogP contribution in [0.15, 0.2) is 82.8 Å². The van der Waals surface area contributed by atoms with Crippen LogP contribution in [0.1, 0.15) is 22.3 Å². The summed E-state index contributed by atoms with van der Waals surface area (Å²) in [7, 11) is 0. The van der Waals surface area contributed by atoms with Crippen LogP contribution in [0, 0.1) is 10.8 Å². The highest BCUT2D eigenvalue weighted by Gasteiger charge is 1.93. The van der Waals surface area contributed by atoms with Gasteiger partial charge in [0, 0.05) is 24.9 Å². The SMILES string of the molecule is N=Cc1ccc(C=Nc2ccc(N=Cc3ccc(C=N)cc3)cc2)cc1. The van der Waals surface area contributed by atoms with Gasteiger partial charge in [-0.2, -0.15) is 0 Å². The molecular weight excluding hydrogens is 320 g/mol. The van der Waals surface area contributed by atoms with Crippen LogP contribution in [-0.2, 0) is 0 Å². The first kappa shape index (κ1) is 17.2.